The third-order valence-corrected chi connectivity index (χ3v) is 4.60. The van der Waals surface area contributed by atoms with E-state index < -0.39 is 12.3 Å². The predicted octanol–water partition coefficient (Wildman–Crippen LogP) is 7.56. The molecule has 0 aromatic carbocycles. The van der Waals surface area contributed by atoms with Gasteiger partial charge in [-0.25, -0.2) is 9.59 Å². The number of unbranched alkanes of at least 4 members (excludes halogenated alkanes) is 14. The van der Waals surface area contributed by atoms with Gasteiger partial charge in [0.25, 0.3) is 0 Å². The van der Waals surface area contributed by atoms with Crippen molar-refractivity contribution in [2.24, 2.45) is 0 Å². The summed E-state index contributed by atoms with van der Waals surface area (Å²) in [5, 5.41) is 0. The summed E-state index contributed by atoms with van der Waals surface area (Å²) in [5.74, 6) is 0. The SMILES string of the molecule is CCCCCCCCCCOC(=O)OC(=O)OCCCCCCCCCC. The van der Waals surface area contributed by atoms with Crippen molar-refractivity contribution >= 4 is 12.3 Å². The monoisotopic (exact) mass is 386 g/mol. The van der Waals surface area contributed by atoms with Gasteiger partial charge in [-0.1, -0.05) is 104 Å². The van der Waals surface area contributed by atoms with Crippen molar-refractivity contribution in [3.05, 3.63) is 0 Å². The Hall–Kier alpha value is -1.26. The van der Waals surface area contributed by atoms with Gasteiger partial charge in [-0.2, -0.15) is 0 Å². The lowest BCUT2D eigenvalue weighted by atomic mass is 10.1. The number of carbonyl (C=O) groups is 2. The highest BCUT2D eigenvalue weighted by Gasteiger charge is 2.12. The first-order valence-corrected chi connectivity index (χ1v) is 11.2. The summed E-state index contributed by atoms with van der Waals surface area (Å²) in [6.07, 6.45) is 16.8. The van der Waals surface area contributed by atoms with E-state index in [2.05, 4.69) is 18.6 Å². The van der Waals surface area contributed by atoms with Gasteiger partial charge in [0, 0.05) is 0 Å². The maximum atomic E-state index is 11.4. The third-order valence-electron chi connectivity index (χ3n) is 4.60. The number of ether oxygens (including phenoxy) is 3. The van der Waals surface area contributed by atoms with Crippen LogP contribution in [0, 0.1) is 0 Å². The summed E-state index contributed by atoms with van der Waals surface area (Å²) >= 11 is 0. The molecule has 0 saturated heterocycles. The minimum absolute atomic E-state index is 0.291. The van der Waals surface area contributed by atoms with Crippen molar-refractivity contribution < 1.29 is 23.8 Å². The van der Waals surface area contributed by atoms with E-state index >= 15 is 0 Å². The molecule has 0 N–H and O–H groups in total. The normalized spacial score (nSPS) is 10.6. The molecule has 5 nitrogen and oxygen atoms in total. The molecule has 0 bridgehead atoms. The summed E-state index contributed by atoms with van der Waals surface area (Å²) in [6, 6.07) is 0. The van der Waals surface area contributed by atoms with Gasteiger partial charge in [0.15, 0.2) is 0 Å². The molecule has 0 amide bonds. The van der Waals surface area contributed by atoms with Gasteiger partial charge in [-0.05, 0) is 12.8 Å². The van der Waals surface area contributed by atoms with Crippen LogP contribution < -0.4 is 0 Å². The summed E-state index contributed by atoms with van der Waals surface area (Å²) < 4.78 is 14.2. The molecule has 0 aromatic heterocycles. The van der Waals surface area contributed by atoms with E-state index in [1.54, 1.807) is 0 Å². The first-order valence-electron chi connectivity index (χ1n) is 11.2. The Labute approximate surface area is 166 Å². The third kappa shape index (κ3) is 20.9. The molecule has 0 aliphatic carbocycles. The van der Waals surface area contributed by atoms with Crippen LogP contribution in [0.25, 0.3) is 0 Å². The fourth-order valence-electron chi connectivity index (χ4n) is 2.91. The van der Waals surface area contributed by atoms with Crippen molar-refractivity contribution in [1.82, 2.24) is 0 Å². The molecule has 27 heavy (non-hydrogen) atoms. The first-order chi connectivity index (χ1) is 13.2. The smallest absolute Gasteiger partial charge is 0.434 e. The standard InChI is InChI=1S/C22H42O5/c1-3-5-7-9-11-13-15-17-19-25-21(23)27-22(24)26-20-18-16-14-12-10-8-6-4-2/h3-20H2,1-2H3. The lowest BCUT2D eigenvalue weighted by Gasteiger charge is -2.06. The van der Waals surface area contributed by atoms with Crippen molar-refractivity contribution in [2.75, 3.05) is 13.2 Å². The topological polar surface area (TPSA) is 61.8 Å². The molecule has 0 aliphatic heterocycles. The molecule has 0 radical (unpaired) electrons. The van der Waals surface area contributed by atoms with Gasteiger partial charge in [0.2, 0.25) is 0 Å². The molecule has 5 heteroatoms. The van der Waals surface area contributed by atoms with Crippen LogP contribution in [0.1, 0.15) is 117 Å². The molecule has 0 heterocycles. The largest absolute Gasteiger partial charge is 0.518 e. The van der Waals surface area contributed by atoms with Crippen LogP contribution in [0.15, 0.2) is 0 Å². The lowest BCUT2D eigenvalue weighted by molar-refractivity contribution is 0.0353. The summed E-state index contributed by atoms with van der Waals surface area (Å²) in [5.41, 5.74) is 0. The van der Waals surface area contributed by atoms with E-state index in [1.165, 1.54) is 64.2 Å². The van der Waals surface area contributed by atoms with E-state index in [0.717, 1.165) is 38.5 Å². The maximum absolute atomic E-state index is 11.4. The van der Waals surface area contributed by atoms with E-state index in [9.17, 15) is 9.59 Å². The van der Waals surface area contributed by atoms with Crippen LogP contribution >= 0.6 is 0 Å². The van der Waals surface area contributed by atoms with E-state index in [1.807, 2.05) is 0 Å². The number of carbonyl (C=O) groups excluding carboxylic acids is 2. The van der Waals surface area contributed by atoms with Gasteiger partial charge in [0.05, 0.1) is 13.2 Å². The number of hydrogen-bond donors (Lipinski definition) is 0. The molecule has 0 aromatic rings. The zero-order chi connectivity index (χ0) is 20.0. The highest BCUT2D eigenvalue weighted by molar-refractivity contribution is 5.76. The lowest BCUT2D eigenvalue weighted by Crippen LogP contribution is -2.16. The van der Waals surface area contributed by atoms with Crippen molar-refractivity contribution in [1.29, 1.82) is 0 Å². The van der Waals surface area contributed by atoms with Crippen LogP contribution in [0.2, 0.25) is 0 Å². The highest BCUT2D eigenvalue weighted by Crippen LogP contribution is 2.09. The van der Waals surface area contributed by atoms with Crippen LogP contribution in [0.5, 0.6) is 0 Å². The van der Waals surface area contributed by atoms with Crippen molar-refractivity contribution in [2.45, 2.75) is 117 Å². The second-order valence-corrected chi connectivity index (χ2v) is 7.25. The molecule has 0 saturated carbocycles. The maximum Gasteiger partial charge on any atom is 0.518 e. The van der Waals surface area contributed by atoms with Gasteiger partial charge in [-0.3, -0.25) is 0 Å². The van der Waals surface area contributed by atoms with Gasteiger partial charge < -0.3 is 14.2 Å². The van der Waals surface area contributed by atoms with Crippen LogP contribution in [-0.4, -0.2) is 25.5 Å². The first kappa shape index (κ1) is 25.7. The van der Waals surface area contributed by atoms with Crippen molar-refractivity contribution in [3.8, 4) is 0 Å². The average molecular weight is 387 g/mol. The minimum Gasteiger partial charge on any atom is -0.434 e. The fourth-order valence-corrected chi connectivity index (χ4v) is 2.91. The van der Waals surface area contributed by atoms with E-state index in [0.29, 0.717) is 13.2 Å². The quantitative estimate of drug-likeness (QED) is 0.138. The van der Waals surface area contributed by atoms with Gasteiger partial charge in [-0.15, -0.1) is 0 Å². The summed E-state index contributed by atoms with van der Waals surface area (Å²) in [4.78, 5) is 22.8. The Morgan fingerprint density at radius 3 is 1.11 bits per heavy atom. The van der Waals surface area contributed by atoms with E-state index in [4.69, 9.17) is 9.47 Å². The second-order valence-electron chi connectivity index (χ2n) is 7.25. The Bertz CT molecular complexity index is 312. The Kier molecular flexibility index (Phi) is 20.1. The number of hydrogen-bond acceptors (Lipinski definition) is 5. The summed E-state index contributed by atoms with van der Waals surface area (Å²) in [6.45, 7) is 5.00. The zero-order valence-corrected chi connectivity index (χ0v) is 17.8. The molecule has 0 unspecified atom stereocenters. The molecule has 0 spiro atoms. The molecule has 0 fully saturated rings. The zero-order valence-electron chi connectivity index (χ0n) is 17.8. The molecular weight excluding hydrogens is 344 g/mol. The average Bonchev–Trinajstić information content (AvgIpc) is 2.65. The predicted molar refractivity (Wildman–Crippen MR) is 109 cm³/mol. The van der Waals surface area contributed by atoms with Gasteiger partial charge >= 0.3 is 12.3 Å². The van der Waals surface area contributed by atoms with Crippen LogP contribution in [0.3, 0.4) is 0 Å². The highest BCUT2D eigenvalue weighted by atomic mass is 16.8. The second kappa shape index (κ2) is 21.0. The van der Waals surface area contributed by atoms with Gasteiger partial charge in [0.1, 0.15) is 0 Å². The van der Waals surface area contributed by atoms with Crippen LogP contribution in [0.4, 0.5) is 9.59 Å². The van der Waals surface area contributed by atoms with E-state index in [-0.39, 0.29) is 0 Å². The molecule has 0 atom stereocenters. The fraction of sp³-hybridized carbons (Fsp3) is 0.909. The Balaban J connectivity index is 3.33. The Morgan fingerprint density at radius 1 is 0.481 bits per heavy atom. The molecule has 160 valence electrons. The van der Waals surface area contributed by atoms with Crippen LogP contribution in [-0.2, 0) is 14.2 Å². The molecular formula is C22H42O5. The van der Waals surface area contributed by atoms with Crippen molar-refractivity contribution in [3.63, 3.8) is 0 Å². The molecule has 0 aliphatic rings. The summed E-state index contributed by atoms with van der Waals surface area (Å²) in [7, 11) is 0. The minimum atomic E-state index is -0.959. The molecule has 0 rings (SSSR count). The Morgan fingerprint density at radius 2 is 0.778 bits per heavy atom. The number of rotatable bonds is 18.